The van der Waals surface area contributed by atoms with E-state index in [9.17, 15) is 10.2 Å². The minimum atomic E-state index is 0.229. The molecule has 1 heterocycles. The topological polar surface area (TPSA) is 53.6 Å². The van der Waals surface area contributed by atoms with E-state index in [1.54, 1.807) is 36.0 Å². The molecular weight excluding hydrogens is 284 g/mol. The molecule has 0 aliphatic rings. The summed E-state index contributed by atoms with van der Waals surface area (Å²) in [6.45, 7) is 2.11. The van der Waals surface area contributed by atoms with E-state index in [2.05, 4.69) is 6.92 Å². The first-order chi connectivity index (χ1) is 10.2. The maximum absolute atomic E-state index is 9.84. The van der Waals surface area contributed by atoms with Crippen LogP contribution in [-0.4, -0.2) is 16.0 Å². The lowest BCUT2D eigenvalue weighted by Gasteiger charge is -2.02. The maximum Gasteiger partial charge on any atom is 0.139 e. The number of hydrogen-bond acceptors (Lipinski definition) is 4. The maximum atomic E-state index is 9.84. The summed E-state index contributed by atoms with van der Waals surface area (Å²) in [6, 6.07) is 12.3. The molecule has 0 saturated heterocycles. The van der Waals surface area contributed by atoms with Gasteiger partial charge in [0.1, 0.15) is 22.8 Å². The number of benzene rings is 2. The molecule has 3 aromatic rings. The van der Waals surface area contributed by atoms with Gasteiger partial charge in [0, 0.05) is 22.3 Å². The first-order valence-electron chi connectivity index (χ1n) is 6.80. The zero-order valence-electron chi connectivity index (χ0n) is 11.7. The molecule has 3 rings (SSSR count). The number of rotatable bonds is 4. The van der Waals surface area contributed by atoms with Crippen LogP contribution in [0.5, 0.6) is 11.5 Å². The highest BCUT2D eigenvalue weighted by atomic mass is 32.2. The summed E-state index contributed by atoms with van der Waals surface area (Å²) >= 11 is 1.79. The van der Waals surface area contributed by atoms with Crippen LogP contribution in [0.3, 0.4) is 0 Å². The molecule has 0 atom stereocenters. The molecule has 108 valence electrons. The van der Waals surface area contributed by atoms with Crippen molar-refractivity contribution < 1.29 is 14.6 Å². The van der Waals surface area contributed by atoms with Gasteiger partial charge in [-0.1, -0.05) is 6.92 Å². The van der Waals surface area contributed by atoms with Gasteiger partial charge in [0.25, 0.3) is 0 Å². The van der Waals surface area contributed by atoms with Crippen molar-refractivity contribution in [3.8, 4) is 22.8 Å². The predicted octanol–water partition coefficient (Wildman–Crippen LogP) is 4.76. The van der Waals surface area contributed by atoms with Crippen molar-refractivity contribution in [1.29, 1.82) is 0 Å². The lowest BCUT2D eigenvalue weighted by Crippen LogP contribution is -1.82. The van der Waals surface area contributed by atoms with Crippen LogP contribution in [0.15, 0.2) is 46.9 Å². The molecule has 0 amide bonds. The summed E-state index contributed by atoms with van der Waals surface area (Å²) in [5.74, 6) is 3.05. The first kappa shape index (κ1) is 13.9. The second-order valence-corrected chi connectivity index (χ2v) is 6.09. The quantitative estimate of drug-likeness (QED) is 0.729. The van der Waals surface area contributed by atoms with Crippen LogP contribution < -0.4 is 0 Å². The molecule has 0 radical (unpaired) electrons. The molecule has 0 unspecified atom stereocenters. The standard InChI is InChI=1S/C17H16O3S/c1-2-21-10-13-8-15(19)7-12-9-16(20-17(12)13)11-3-5-14(18)6-4-11/h3-9,18-19H,2,10H2,1H3. The Morgan fingerprint density at radius 1 is 1.00 bits per heavy atom. The van der Waals surface area contributed by atoms with Gasteiger partial charge in [-0.2, -0.15) is 11.8 Å². The van der Waals surface area contributed by atoms with Crippen LogP contribution in [0.1, 0.15) is 12.5 Å². The molecule has 2 aromatic carbocycles. The highest BCUT2D eigenvalue weighted by molar-refractivity contribution is 7.98. The lowest BCUT2D eigenvalue weighted by molar-refractivity contribution is 0.474. The first-order valence-corrected chi connectivity index (χ1v) is 7.95. The molecule has 0 aliphatic carbocycles. The Morgan fingerprint density at radius 3 is 2.48 bits per heavy atom. The van der Waals surface area contributed by atoms with E-state index in [0.29, 0.717) is 0 Å². The number of fused-ring (bicyclic) bond motifs is 1. The SMILES string of the molecule is CCSCc1cc(O)cc2cc(-c3ccc(O)cc3)oc12. The van der Waals surface area contributed by atoms with Crippen LogP contribution in [0, 0.1) is 0 Å². The molecule has 0 saturated carbocycles. The second kappa shape index (κ2) is 5.74. The monoisotopic (exact) mass is 300 g/mol. The fraction of sp³-hybridized carbons (Fsp3) is 0.176. The summed E-state index contributed by atoms with van der Waals surface area (Å²) < 4.78 is 5.97. The normalized spacial score (nSPS) is 11.1. The third kappa shape index (κ3) is 2.85. The fourth-order valence-electron chi connectivity index (χ4n) is 2.30. The minimum absolute atomic E-state index is 0.229. The van der Waals surface area contributed by atoms with Crippen molar-refractivity contribution in [2.75, 3.05) is 5.75 Å². The number of furan rings is 1. The molecule has 21 heavy (non-hydrogen) atoms. The zero-order chi connectivity index (χ0) is 14.8. The molecule has 3 nitrogen and oxygen atoms in total. The van der Waals surface area contributed by atoms with E-state index in [1.807, 2.05) is 18.2 Å². The zero-order valence-corrected chi connectivity index (χ0v) is 12.5. The van der Waals surface area contributed by atoms with Crippen LogP contribution in [0.2, 0.25) is 0 Å². The fourth-order valence-corrected chi connectivity index (χ4v) is 2.93. The Hall–Kier alpha value is -2.07. The van der Waals surface area contributed by atoms with E-state index in [0.717, 1.165) is 39.4 Å². The van der Waals surface area contributed by atoms with Crippen LogP contribution in [-0.2, 0) is 5.75 Å². The van der Waals surface area contributed by atoms with E-state index < -0.39 is 0 Å². The third-order valence-corrected chi connectivity index (χ3v) is 4.21. The molecule has 0 bridgehead atoms. The highest BCUT2D eigenvalue weighted by Gasteiger charge is 2.11. The second-order valence-electron chi connectivity index (χ2n) is 4.82. The van der Waals surface area contributed by atoms with Gasteiger partial charge in [0.05, 0.1) is 0 Å². The van der Waals surface area contributed by atoms with Gasteiger partial charge in [-0.3, -0.25) is 0 Å². The molecule has 2 N–H and O–H groups in total. The summed E-state index contributed by atoms with van der Waals surface area (Å²) in [6.07, 6.45) is 0. The van der Waals surface area contributed by atoms with Crippen LogP contribution in [0.25, 0.3) is 22.3 Å². The molecule has 0 spiro atoms. The molecule has 4 heteroatoms. The van der Waals surface area contributed by atoms with Crippen molar-refractivity contribution in [3.05, 3.63) is 48.0 Å². The van der Waals surface area contributed by atoms with Gasteiger partial charge in [0.2, 0.25) is 0 Å². The number of phenols is 2. The molecule has 1 aromatic heterocycles. The molecule has 0 aliphatic heterocycles. The number of aromatic hydroxyl groups is 2. The Balaban J connectivity index is 2.08. The van der Waals surface area contributed by atoms with E-state index in [1.165, 1.54) is 0 Å². The number of hydrogen-bond donors (Lipinski definition) is 2. The van der Waals surface area contributed by atoms with Crippen LogP contribution >= 0.6 is 11.8 Å². The summed E-state index contributed by atoms with van der Waals surface area (Å²) in [4.78, 5) is 0. The van der Waals surface area contributed by atoms with Crippen molar-refractivity contribution in [2.45, 2.75) is 12.7 Å². The summed E-state index contributed by atoms with van der Waals surface area (Å²) in [5.41, 5.74) is 2.72. The van der Waals surface area contributed by atoms with Gasteiger partial charge in [-0.25, -0.2) is 0 Å². The largest absolute Gasteiger partial charge is 0.508 e. The molecular formula is C17H16O3S. The van der Waals surface area contributed by atoms with Gasteiger partial charge in [0.15, 0.2) is 0 Å². The van der Waals surface area contributed by atoms with Gasteiger partial charge in [-0.05, 0) is 48.2 Å². The average molecular weight is 300 g/mol. The minimum Gasteiger partial charge on any atom is -0.508 e. The Labute approximate surface area is 127 Å². The summed E-state index contributed by atoms with van der Waals surface area (Å²) in [5, 5.41) is 20.1. The van der Waals surface area contributed by atoms with Crippen molar-refractivity contribution >= 4 is 22.7 Å². The van der Waals surface area contributed by atoms with Crippen molar-refractivity contribution in [3.63, 3.8) is 0 Å². The van der Waals surface area contributed by atoms with Gasteiger partial charge < -0.3 is 14.6 Å². The molecule has 0 fully saturated rings. The number of phenolic OH excluding ortho intramolecular Hbond substituents is 2. The van der Waals surface area contributed by atoms with Gasteiger partial charge >= 0.3 is 0 Å². The number of thioether (sulfide) groups is 1. The smallest absolute Gasteiger partial charge is 0.139 e. The Bertz CT molecular complexity index is 760. The van der Waals surface area contributed by atoms with E-state index in [-0.39, 0.29) is 11.5 Å². The van der Waals surface area contributed by atoms with Crippen molar-refractivity contribution in [2.24, 2.45) is 0 Å². The highest BCUT2D eigenvalue weighted by Crippen LogP contribution is 2.34. The lowest BCUT2D eigenvalue weighted by atomic mass is 10.1. The van der Waals surface area contributed by atoms with Crippen LogP contribution in [0.4, 0.5) is 0 Å². The summed E-state index contributed by atoms with van der Waals surface area (Å²) in [7, 11) is 0. The van der Waals surface area contributed by atoms with E-state index in [4.69, 9.17) is 4.42 Å². The average Bonchev–Trinajstić information content (AvgIpc) is 2.89. The van der Waals surface area contributed by atoms with E-state index >= 15 is 0 Å². The Morgan fingerprint density at radius 2 is 1.76 bits per heavy atom. The van der Waals surface area contributed by atoms with Gasteiger partial charge in [-0.15, -0.1) is 0 Å². The predicted molar refractivity (Wildman–Crippen MR) is 86.8 cm³/mol. The third-order valence-electron chi connectivity index (χ3n) is 3.29. The van der Waals surface area contributed by atoms with Crippen molar-refractivity contribution in [1.82, 2.24) is 0 Å². The Kier molecular flexibility index (Phi) is 3.80.